The third kappa shape index (κ3) is 2.58. The molecule has 4 nitrogen and oxygen atoms in total. The molecule has 0 bridgehead atoms. The number of carboxylic acids is 1. The van der Waals surface area contributed by atoms with E-state index in [4.69, 9.17) is 9.84 Å². The van der Waals surface area contributed by atoms with E-state index in [9.17, 15) is 4.79 Å². The maximum Gasteiger partial charge on any atom is 0.323 e. The van der Waals surface area contributed by atoms with Crippen molar-refractivity contribution in [1.29, 1.82) is 0 Å². The topological polar surface area (TPSA) is 58.6 Å². The van der Waals surface area contributed by atoms with Crippen LogP contribution in [0.25, 0.3) is 0 Å². The number of carbonyl (C=O) groups is 1. The van der Waals surface area contributed by atoms with Crippen molar-refractivity contribution >= 4 is 5.97 Å². The van der Waals surface area contributed by atoms with Crippen molar-refractivity contribution in [1.82, 2.24) is 5.32 Å². The molecule has 0 saturated carbocycles. The summed E-state index contributed by atoms with van der Waals surface area (Å²) in [6.07, 6.45) is 0.852. The summed E-state index contributed by atoms with van der Waals surface area (Å²) >= 11 is 0. The molecule has 0 aliphatic carbocycles. The van der Waals surface area contributed by atoms with Gasteiger partial charge in [0.15, 0.2) is 0 Å². The van der Waals surface area contributed by atoms with Crippen LogP contribution in [0.4, 0.5) is 0 Å². The first-order valence-corrected chi connectivity index (χ1v) is 5.72. The molecule has 0 spiro atoms. The van der Waals surface area contributed by atoms with Gasteiger partial charge in [-0.25, -0.2) is 0 Å². The van der Waals surface area contributed by atoms with E-state index in [0.717, 1.165) is 12.2 Å². The molecule has 1 atom stereocenters. The van der Waals surface area contributed by atoms with Crippen LogP contribution in [0.2, 0.25) is 0 Å². The Labute approximate surface area is 101 Å². The summed E-state index contributed by atoms with van der Waals surface area (Å²) in [4.78, 5) is 10.9. The van der Waals surface area contributed by atoms with Gasteiger partial charge < -0.3 is 9.84 Å². The molecule has 2 rings (SSSR count). The van der Waals surface area contributed by atoms with E-state index in [1.807, 2.05) is 24.3 Å². The van der Waals surface area contributed by atoms with Crippen LogP contribution < -0.4 is 10.1 Å². The lowest BCUT2D eigenvalue weighted by molar-refractivity contribution is -0.143. The summed E-state index contributed by atoms with van der Waals surface area (Å²) in [7, 11) is 0. The fourth-order valence-corrected chi connectivity index (χ4v) is 1.81. The van der Waals surface area contributed by atoms with Crippen molar-refractivity contribution in [3.05, 3.63) is 29.8 Å². The second-order valence-corrected chi connectivity index (χ2v) is 4.86. The zero-order valence-electron chi connectivity index (χ0n) is 10.1. The molecule has 0 aromatic heterocycles. The third-order valence-corrected chi connectivity index (χ3v) is 3.02. The van der Waals surface area contributed by atoms with Crippen LogP contribution in [0.15, 0.2) is 24.3 Å². The number of hydrogen-bond donors (Lipinski definition) is 2. The van der Waals surface area contributed by atoms with Crippen LogP contribution in [0.5, 0.6) is 5.75 Å². The van der Waals surface area contributed by atoms with Gasteiger partial charge in [-0.1, -0.05) is 18.2 Å². The van der Waals surface area contributed by atoms with Gasteiger partial charge in [-0.05, 0) is 25.5 Å². The van der Waals surface area contributed by atoms with E-state index in [-0.39, 0.29) is 6.10 Å². The maximum absolute atomic E-state index is 10.9. The Kier molecular flexibility index (Phi) is 3.07. The Balaban J connectivity index is 1.91. The van der Waals surface area contributed by atoms with Gasteiger partial charge >= 0.3 is 5.97 Å². The van der Waals surface area contributed by atoms with Gasteiger partial charge in [0.1, 0.15) is 17.4 Å². The van der Waals surface area contributed by atoms with Crippen LogP contribution in [0, 0.1) is 0 Å². The molecule has 1 aromatic rings. The number of rotatable bonds is 4. The van der Waals surface area contributed by atoms with E-state index < -0.39 is 11.5 Å². The summed E-state index contributed by atoms with van der Waals surface area (Å²) in [5.41, 5.74) is 0.269. The molecule has 1 aliphatic heterocycles. The lowest BCUT2D eigenvalue weighted by Gasteiger charge is -2.23. The van der Waals surface area contributed by atoms with Gasteiger partial charge in [0.2, 0.25) is 0 Å². The molecule has 2 N–H and O–H groups in total. The van der Waals surface area contributed by atoms with Crippen LogP contribution in [0.3, 0.4) is 0 Å². The Morgan fingerprint density at radius 3 is 2.88 bits per heavy atom. The first-order valence-electron chi connectivity index (χ1n) is 5.72. The average molecular weight is 235 g/mol. The molecular weight excluding hydrogens is 218 g/mol. The lowest BCUT2D eigenvalue weighted by atomic mass is 10.1. The third-order valence-electron chi connectivity index (χ3n) is 3.02. The summed E-state index contributed by atoms with van der Waals surface area (Å²) in [5.74, 6) is 0.0560. The second kappa shape index (κ2) is 4.37. The molecular formula is C13H17NO3. The van der Waals surface area contributed by atoms with Crippen molar-refractivity contribution in [2.75, 3.05) is 6.54 Å². The number of hydrogen-bond acceptors (Lipinski definition) is 3. The molecule has 0 amide bonds. The van der Waals surface area contributed by atoms with Crippen LogP contribution >= 0.6 is 0 Å². The summed E-state index contributed by atoms with van der Waals surface area (Å²) in [5, 5.41) is 12.0. The van der Waals surface area contributed by atoms with E-state index in [1.54, 1.807) is 13.8 Å². The van der Waals surface area contributed by atoms with Crippen LogP contribution in [-0.2, 0) is 11.2 Å². The van der Waals surface area contributed by atoms with Crippen molar-refractivity contribution < 1.29 is 14.6 Å². The molecule has 1 heterocycles. The van der Waals surface area contributed by atoms with Gasteiger partial charge in [0.05, 0.1) is 0 Å². The molecule has 0 radical (unpaired) electrons. The van der Waals surface area contributed by atoms with Crippen LogP contribution in [-0.4, -0.2) is 29.3 Å². The van der Waals surface area contributed by atoms with Crippen molar-refractivity contribution in [2.45, 2.75) is 31.9 Å². The molecule has 4 heteroatoms. The second-order valence-electron chi connectivity index (χ2n) is 4.86. The zero-order chi connectivity index (χ0) is 12.5. The number of aliphatic carboxylic acids is 1. The van der Waals surface area contributed by atoms with Crippen molar-refractivity contribution in [2.24, 2.45) is 0 Å². The molecule has 1 unspecified atom stereocenters. The van der Waals surface area contributed by atoms with Gasteiger partial charge in [-0.15, -0.1) is 0 Å². The summed E-state index contributed by atoms with van der Waals surface area (Å²) in [6, 6.07) is 7.91. The minimum Gasteiger partial charge on any atom is -0.488 e. The first-order chi connectivity index (χ1) is 7.99. The van der Waals surface area contributed by atoms with Crippen molar-refractivity contribution in [3.8, 4) is 5.75 Å². The van der Waals surface area contributed by atoms with E-state index >= 15 is 0 Å². The SMILES string of the molecule is CC(C)(NCC1Cc2ccccc2O1)C(=O)O. The van der Waals surface area contributed by atoms with Gasteiger partial charge in [0, 0.05) is 13.0 Å². The van der Waals surface area contributed by atoms with Crippen molar-refractivity contribution in [3.63, 3.8) is 0 Å². The highest BCUT2D eigenvalue weighted by molar-refractivity contribution is 5.77. The lowest BCUT2D eigenvalue weighted by Crippen LogP contribution is -2.50. The largest absolute Gasteiger partial charge is 0.488 e. The van der Waals surface area contributed by atoms with E-state index in [2.05, 4.69) is 5.32 Å². The zero-order valence-corrected chi connectivity index (χ0v) is 10.1. The highest BCUT2D eigenvalue weighted by Crippen LogP contribution is 2.27. The minimum absolute atomic E-state index is 0.0195. The number of para-hydroxylation sites is 1. The summed E-state index contributed by atoms with van der Waals surface area (Å²) < 4.78 is 5.73. The molecule has 0 saturated heterocycles. The highest BCUT2D eigenvalue weighted by Gasteiger charge is 2.29. The van der Waals surface area contributed by atoms with Gasteiger partial charge in [0.25, 0.3) is 0 Å². The maximum atomic E-state index is 10.9. The average Bonchev–Trinajstić information content (AvgIpc) is 2.69. The molecule has 92 valence electrons. The highest BCUT2D eigenvalue weighted by atomic mass is 16.5. The summed E-state index contributed by atoms with van der Waals surface area (Å²) in [6.45, 7) is 3.84. The minimum atomic E-state index is -0.919. The monoisotopic (exact) mass is 235 g/mol. The smallest absolute Gasteiger partial charge is 0.323 e. The number of ether oxygens (including phenoxy) is 1. The molecule has 1 aliphatic rings. The Morgan fingerprint density at radius 2 is 2.24 bits per heavy atom. The quantitative estimate of drug-likeness (QED) is 0.829. The van der Waals surface area contributed by atoms with E-state index in [0.29, 0.717) is 6.54 Å². The Morgan fingerprint density at radius 1 is 1.53 bits per heavy atom. The molecule has 17 heavy (non-hydrogen) atoms. The standard InChI is InChI=1S/C13H17NO3/c1-13(2,12(15)16)14-8-10-7-9-5-3-4-6-11(9)17-10/h3-6,10,14H,7-8H2,1-2H3,(H,15,16). The van der Waals surface area contributed by atoms with E-state index in [1.165, 1.54) is 5.56 Å². The predicted octanol–water partition coefficient (Wildman–Crippen LogP) is 1.44. The number of benzene rings is 1. The Bertz CT molecular complexity index is 403. The number of nitrogens with one attached hydrogen (secondary N) is 1. The normalized spacial score (nSPS) is 18.6. The fraction of sp³-hybridized carbons (Fsp3) is 0.462. The first kappa shape index (κ1) is 11.9. The fourth-order valence-electron chi connectivity index (χ4n) is 1.81. The number of carboxylic acid groups (broad SMARTS) is 1. The van der Waals surface area contributed by atoms with Gasteiger partial charge in [-0.2, -0.15) is 0 Å². The molecule has 0 fully saturated rings. The Hall–Kier alpha value is -1.55. The van der Waals surface area contributed by atoms with Gasteiger partial charge in [-0.3, -0.25) is 10.1 Å². The number of fused-ring (bicyclic) bond motifs is 1. The predicted molar refractivity (Wildman–Crippen MR) is 64.3 cm³/mol. The molecule has 1 aromatic carbocycles. The van der Waals surface area contributed by atoms with Crippen LogP contribution in [0.1, 0.15) is 19.4 Å².